The van der Waals surface area contributed by atoms with E-state index in [1.807, 2.05) is 0 Å². The van der Waals surface area contributed by atoms with Crippen LogP contribution in [0.2, 0.25) is 0 Å². The molecule has 0 heterocycles. The van der Waals surface area contributed by atoms with E-state index in [1.54, 1.807) is 0 Å². The van der Waals surface area contributed by atoms with Crippen molar-refractivity contribution in [3.8, 4) is 0 Å². The maximum atomic E-state index is 2.35. The Morgan fingerprint density at radius 1 is 0.531 bits per heavy atom. The molecule has 0 unspecified atom stereocenters. The van der Waals surface area contributed by atoms with Gasteiger partial charge >= 0.3 is 0 Å². The Morgan fingerprint density at radius 3 is 1.47 bits per heavy atom. The van der Waals surface area contributed by atoms with Gasteiger partial charge in [-0.25, -0.2) is 0 Å². The maximum Gasteiger partial charge on any atom is 0.242 e. The number of hydrogen-bond donors (Lipinski definition) is 0. The zero-order chi connectivity index (χ0) is 22.8. The van der Waals surface area contributed by atoms with Crippen LogP contribution >= 0.6 is 0 Å². The molecule has 0 saturated carbocycles. The zero-order valence-corrected chi connectivity index (χ0v) is 21.1. The molecule has 0 N–H and O–H groups in total. The highest BCUT2D eigenvalue weighted by atomic mass is 28.2. The van der Waals surface area contributed by atoms with Crippen LogP contribution < -0.4 is 26.8 Å². The molecule has 158 valence electrons. The molecule has 2 heteroatoms. The van der Waals surface area contributed by atoms with Gasteiger partial charge in [-0.1, -0.05) is 139 Å². The van der Waals surface area contributed by atoms with Crippen LogP contribution in [0.1, 0.15) is 33.4 Å². The number of aryl methyl sites for hydroxylation is 6. The first-order chi connectivity index (χ1) is 15.3. The summed E-state index contributed by atoms with van der Waals surface area (Å²) in [5.41, 5.74) is 12.5. The molecule has 0 aliphatic heterocycles. The molecule has 32 heavy (non-hydrogen) atoms. The van der Waals surface area contributed by atoms with Crippen LogP contribution in [-0.2, 0) is 0 Å². The Bertz CT molecular complexity index is 1150. The van der Waals surface area contributed by atoms with Crippen LogP contribution in [0.3, 0.4) is 0 Å². The number of benzene rings is 4. The van der Waals surface area contributed by atoms with E-state index in [4.69, 9.17) is 0 Å². The second-order valence-electron chi connectivity index (χ2n) is 9.14. The summed E-state index contributed by atoms with van der Waals surface area (Å²) in [5.74, 6) is 0. The molecule has 2 radical (unpaired) electrons. The van der Waals surface area contributed by atoms with Crippen LogP contribution in [0.25, 0.3) is 0 Å². The lowest BCUT2D eigenvalue weighted by Gasteiger charge is -2.26. The van der Waals surface area contributed by atoms with Crippen molar-refractivity contribution >= 4 is 43.0 Å². The van der Waals surface area contributed by atoms with Gasteiger partial charge in [0.25, 0.3) is 0 Å². The van der Waals surface area contributed by atoms with Gasteiger partial charge in [-0.2, -0.15) is 0 Å². The van der Waals surface area contributed by atoms with Crippen molar-refractivity contribution in [3.05, 3.63) is 112 Å². The van der Waals surface area contributed by atoms with E-state index in [1.165, 1.54) is 60.1 Å². The first kappa shape index (κ1) is 22.4. The number of rotatable bonds is 5. The summed E-state index contributed by atoms with van der Waals surface area (Å²) in [4.78, 5) is 0. The SMILES string of the molecule is Cc1cc(C)c(B(c2ccccc2[Si]c2ccccc2)c2c(C)cc(C)cc2C)c(C)c1. The Kier molecular flexibility index (Phi) is 6.53. The van der Waals surface area contributed by atoms with Gasteiger partial charge in [0.15, 0.2) is 0 Å². The third-order valence-corrected chi connectivity index (χ3v) is 7.72. The van der Waals surface area contributed by atoms with Crippen molar-refractivity contribution in [2.45, 2.75) is 41.5 Å². The van der Waals surface area contributed by atoms with Gasteiger partial charge in [0, 0.05) is 0 Å². The Hall–Kier alpha value is -2.84. The zero-order valence-electron chi connectivity index (χ0n) is 20.1. The molecular formula is C30H31BSi. The lowest BCUT2D eigenvalue weighted by Crippen LogP contribution is -2.61. The molecule has 0 aliphatic carbocycles. The first-order valence-electron chi connectivity index (χ1n) is 11.4. The fraction of sp³-hybridized carbons (Fsp3) is 0.200. The van der Waals surface area contributed by atoms with Gasteiger partial charge in [0.1, 0.15) is 9.52 Å². The molecule has 0 aliphatic rings. The van der Waals surface area contributed by atoms with Gasteiger partial charge in [0.05, 0.1) is 0 Å². The normalized spacial score (nSPS) is 10.9. The molecule has 4 aromatic carbocycles. The van der Waals surface area contributed by atoms with Gasteiger partial charge in [-0.15, -0.1) is 0 Å². The summed E-state index contributed by atoms with van der Waals surface area (Å²) in [5, 5.41) is 2.82. The molecule has 4 rings (SSSR count). The molecule has 0 atom stereocenters. The van der Waals surface area contributed by atoms with Crippen molar-refractivity contribution in [1.82, 2.24) is 0 Å². The topological polar surface area (TPSA) is 0 Å². The fourth-order valence-corrected chi connectivity index (χ4v) is 6.51. The minimum absolute atomic E-state index is 0.226. The van der Waals surface area contributed by atoms with Crippen LogP contribution in [0, 0.1) is 41.5 Å². The summed E-state index contributed by atoms with van der Waals surface area (Å²) >= 11 is 0. The lowest BCUT2D eigenvalue weighted by atomic mass is 9.34. The summed E-state index contributed by atoms with van der Waals surface area (Å²) in [6.45, 7) is 13.8. The van der Waals surface area contributed by atoms with Crippen LogP contribution in [0.5, 0.6) is 0 Å². The van der Waals surface area contributed by atoms with Gasteiger partial charge in [-0.05, 0) is 41.5 Å². The first-order valence-corrected chi connectivity index (χ1v) is 12.4. The summed E-state index contributed by atoms with van der Waals surface area (Å²) in [6, 6.07) is 29.3. The highest BCUT2D eigenvalue weighted by molar-refractivity contribution is 6.99. The van der Waals surface area contributed by atoms with Crippen molar-refractivity contribution in [1.29, 1.82) is 0 Å². The standard InChI is InChI=1S/C30H31BSi/c1-20-16-22(3)29(23(4)17-20)31(30-24(5)18-21(2)19-25(30)6)27-14-10-11-15-28(27)32-26-12-8-7-9-13-26/h7-19H,1-6H3. The Balaban J connectivity index is 1.99. The molecule has 0 nitrogen and oxygen atoms in total. The second kappa shape index (κ2) is 9.34. The fourth-order valence-electron chi connectivity index (χ4n) is 5.29. The third kappa shape index (κ3) is 4.52. The second-order valence-corrected chi connectivity index (χ2v) is 10.5. The highest BCUT2D eigenvalue weighted by Gasteiger charge is 2.30. The summed E-state index contributed by atoms with van der Waals surface area (Å²) in [6.07, 6.45) is 0. The van der Waals surface area contributed by atoms with E-state index in [0.717, 1.165) is 0 Å². The third-order valence-electron chi connectivity index (χ3n) is 6.38. The predicted molar refractivity (Wildman–Crippen MR) is 144 cm³/mol. The minimum Gasteiger partial charge on any atom is -0.0694 e. The van der Waals surface area contributed by atoms with Crippen molar-refractivity contribution in [3.63, 3.8) is 0 Å². The summed E-state index contributed by atoms with van der Waals surface area (Å²) < 4.78 is 0. The Morgan fingerprint density at radius 2 is 0.969 bits per heavy atom. The molecule has 0 aromatic heterocycles. The smallest absolute Gasteiger partial charge is 0.0694 e. The molecule has 0 bridgehead atoms. The van der Waals surface area contributed by atoms with Gasteiger partial charge < -0.3 is 0 Å². The van der Waals surface area contributed by atoms with E-state index >= 15 is 0 Å². The lowest BCUT2D eigenvalue weighted by molar-refractivity contribution is 1.34. The van der Waals surface area contributed by atoms with E-state index in [9.17, 15) is 0 Å². The van der Waals surface area contributed by atoms with Gasteiger partial charge in [-0.3, -0.25) is 0 Å². The average Bonchev–Trinajstić information content (AvgIpc) is 2.72. The summed E-state index contributed by atoms with van der Waals surface area (Å²) in [7, 11) is 0.641. The number of hydrogen-bond acceptors (Lipinski definition) is 0. The minimum atomic E-state index is 0.226. The predicted octanol–water partition coefficient (Wildman–Crippen LogP) is 3.71. The van der Waals surface area contributed by atoms with Crippen molar-refractivity contribution < 1.29 is 0 Å². The van der Waals surface area contributed by atoms with E-state index < -0.39 is 0 Å². The highest BCUT2D eigenvalue weighted by Crippen LogP contribution is 2.12. The van der Waals surface area contributed by atoms with Crippen LogP contribution in [0.4, 0.5) is 0 Å². The largest absolute Gasteiger partial charge is 0.242 e. The average molecular weight is 430 g/mol. The van der Waals surface area contributed by atoms with Crippen LogP contribution in [-0.4, -0.2) is 16.2 Å². The molecule has 0 spiro atoms. The van der Waals surface area contributed by atoms with Crippen molar-refractivity contribution in [2.24, 2.45) is 0 Å². The van der Waals surface area contributed by atoms with E-state index in [-0.39, 0.29) is 6.71 Å². The van der Waals surface area contributed by atoms with E-state index in [0.29, 0.717) is 9.52 Å². The van der Waals surface area contributed by atoms with Crippen molar-refractivity contribution in [2.75, 3.05) is 0 Å². The molecule has 0 amide bonds. The maximum absolute atomic E-state index is 2.35. The quantitative estimate of drug-likeness (QED) is 0.424. The molecule has 0 fully saturated rings. The molecular weight excluding hydrogens is 399 g/mol. The van der Waals surface area contributed by atoms with Gasteiger partial charge in [0.2, 0.25) is 6.71 Å². The molecule has 0 saturated heterocycles. The molecule has 4 aromatic rings. The Labute approximate surface area is 196 Å². The van der Waals surface area contributed by atoms with Crippen LogP contribution in [0.15, 0.2) is 78.9 Å². The monoisotopic (exact) mass is 430 g/mol. The van der Waals surface area contributed by atoms with E-state index in [2.05, 4.69) is 120 Å².